The van der Waals surface area contributed by atoms with E-state index in [-0.39, 0.29) is 6.04 Å². The Morgan fingerprint density at radius 1 is 1.30 bits per heavy atom. The molecule has 4 aliphatic rings. The van der Waals surface area contributed by atoms with Crippen LogP contribution in [0, 0.1) is 11.8 Å². The number of hydrogen-bond acceptors (Lipinski definition) is 4. The average molecular weight is 364 g/mol. The molecular formula is C23H28N2O2. The molecule has 0 amide bonds. The van der Waals surface area contributed by atoms with Gasteiger partial charge in [0, 0.05) is 24.2 Å². The highest BCUT2D eigenvalue weighted by Crippen LogP contribution is 2.41. The van der Waals surface area contributed by atoms with E-state index in [0.717, 1.165) is 54.3 Å². The molecular weight excluding hydrogens is 336 g/mol. The van der Waals surface area contributed by atoms with E-state index in [0.29, 0.717) is 5.92 Å². The first kappa shape index (κ1) is 17.2. The third-order valence-electron chi connectivity index (χ3n) is 6.65. The molecule has 1 unspecified atom stereocenters. The van der Waals surface area contributed by atoms with Crippen molar-refractivity contribution in [2.45, 2.75) is 44.8 Å². The zero-order valence-electron chi connectivity index (χ0n) is 16.0. The Kier molecular flexibility index (Phi) is 4.41. The number of aliphatic hydroxyl groups is 1. The summed E-state index contributed by atoms with van der Waals surface area (Å²) >= 11 is 0. The monoisotopic (exact) mass is 364 g/mol. The van der Waals surface area contributed by atoms with Gasteiger partial charge in [-0.15, -0.1) is 0 Å². The van der Waals surface area contributed by atoms with Gasteiger partial charge in [0.15, 0.2) is 0 Å². The Bertz CT molecular complexity index is 874. The number of allylic oxidation sites excluding steroid dienone is 1. The third kappa shape index (κ3) is 3.26. The zero-order valence-corrected chi connectivity index (χ0v) is 16.0. The maximum atomic E-state index is 11.3. The Labute approximate surface area is 160 Å². The molecule has 2 aromatic rings. The van der Waals surface area contributed by atoms with Crippen LogP contribution in [0.2, 0.25) is 0 Å². The van der Waals surface area contributed by atoms with Crippen molar-refractivity contribution in [3.05, 3.63) is 47.7 Å². The highest BCUT2D eigenvalue weighted by molar-refractivity contribution is 5.84. The number of nitrogens with zero attached hydrogens (tertiary/aromatic N) is 2. The average Bonchev–Trinajstić information content (AvgIpc) is 3.56. The molecule has 3 aliphatic heterocycles. The molecule has 1 saturated carbocycles. The van der Waals surface area contributed by atoms with Crippen LogP contribution >= 0.6 is 0 Å². The van der Waals surface area contributed by atoms with Crippen molar-refractivity contribution in [2.75, 3.05) is 19.7 Å². The van der Waals surface area contributed by atoms with Crippen molar-refractivity contribution >= 4 is 10.9 Å². The topological polar surface area (TPSA) is 45.6 Å². The first-order valence-corrected chi connectivity index (χ1v) is 10.3. The summed E-state index contributed by atoms with van der Waals surface area (Å²) < 4.78 is 5.97. The molecule has 1 aromatic heterocycles. The lowest BCUT2D eigenvalue weighted by atomic mass is 9.76. The highest BCUT2D eigenvalue weighted by atomic mass is 16.5. The number of pyridine rings is 1. The summed E-state index contributed by atoms with van der Waals surface area (Å²) in [5.74, 6) is 2.24. The summed E-state index contributed by atoms with van der Waals surface area (Å²) in [5.41, 5.74) is 3.45. The van der Waals surface area contributed by atoms with Gasteiger partial charge in [-0.3, -0.25) is 9.88 Å². The molecule has 1 aromatic carbocycles. The molecule has 1 N–H and O–H groups in total. The molecule has 6 rings (SSSR count). The summed E-state index contributed by atoms with van der Waals surface area (Å²) in [6.45, 7) is 5.03. The van der Waals surface area contributed by atoms with E-state index in [9.17, 15) is 5.11 Å². The van der Waals surface area contributed by atoms with Crippen molar-refractivity contribution in [1.29, 1.82) is 0 Å². The maximum absolute atomic E-state index is 11.3. The van der Waals surface area contributed by atoms with Gasteiger partial charge in [-0.2, -0.15) is 0 Å². The Balaban J connectivity index is 1.44. The van der Waals surface area contributed by atoms with Gasteiger partial charge in [0.25, 0.3) is 0 Å². The number of aliphatic hydroxyl groups excluding tert-OH is 1. The van der Waals surface area contributed by atoms with Crippen molar-refractivity contribution in [3.63, 3.8) is 0 Å². The minimum atomic E-state index is -0.490. The molecule has 0 radical (unpaired) electrons. The number of ether oxygens (including phenoxy) is 1. The summed E-state index contributed by atoms with van der Waals surface area (Å²) in [7, 11) is 0. The van der Waals surface area contributed by atoms with Gasteiger partial charge in [-0.25, -0.2) is 0 Å². The number of hydrogen-bond donors (Lipinski definition) is 1. The van der Waals surface area contributed by atoms with E-state index >= 15 is 0 Å². The van der Waals surface area contributed by atoms with E-state index < -0.39 is 6.10 Å². The van der Waals surface area contributed by atoms with Crippen LogP contribution in [0.1, 0.15) is 44.3 Å². The van der Waals surface area contributed by atoms with Gasteiger partial charge in [0.1, 0.15) is 5.75 Å². The molecule has 4 atom stereocenters. The number of benzene rings is 1. The van der Waals surface area contributed by atoms with Crippen LogP contribution in [0.15, 0.2) is 42.1 Å². The van der Waals surface area contributed by atoms with Crippen LogP contribution in [-0.2, 0) is 0 Å². The summed E-state index contributed by atoms with van der Waals surface area (Å²) in [6.07, 6.45) is 8.43. The molecule has 2 bridgehead atoms. The lowest BCUT2D eigenvalue weighted by Gasteiger charge is -2.48. The minimum absolute atomic E-state index is 0.189. The number of fused-ring (bicyclic) bond motifs is 4. The molecule has 0 spiro atoms. The Morgan fingerprint density at radius 2 is 2.19 bits per heavy atom. The second-order valence-electron chi connectivity index (χ2n) is 8.40. The van der Waals surface area contributed by atoms with Crippen molar-refractivity contribution in [2.24, 2.45) is 11.8 Å². The number of aromatic nitrogens is 1. The molecule has 4 heteroatoms. The van der Waals surface area contributed by atoms with Crippen molar-refractivity contribution in [1.82, 2.24) is 9.88 Å². The highest BCUT2D eigenvalue weighted by Gasteiger charge is 2.40. The second-order valence-corrected chi connectivity index (χ2v) is 8.40. The second kappa shape index (κ2) is 6.92. The number of piperidine rings is 3. The first-order valence-electron chi connectivity index (χ1n) is 10.3. The van der Waals surface area contributed by atoms with Crippen LogP contribution in [0.3, 0.4) is 0 Å². The SMILES string of the molecule is CC=C1CN2CC[C@H]1C[C@H]2[C@H](O)c1ccnc2ccc(OCC3CC3)cc12. The van der Waals surface area contributed by atoms with Gasteiger partial charge in [0.05, 0.1) is 18.2 Å². The smallest absolute Gasteiger partial charge is 0.120 e. The predicted octanol–water partition coefficient (Wildman–Crippen LogP) is 4.10. The van der Waals surface area contributed by atoms with Crippen LogP contribution in [0.5, 0.6) is 5.75 Å². The van der Waals surface area contributed by atoms with E-state index in [1.807, 2.05) is 24.4 Å². The fourth-order valence-corrected chi connectivity index (χ4v) is 4.80. The number of rotatable bonds is 5. The van der Waals surface area contributed by atoms with Crippen molar-refractivity contribution in [3.8, 4) is 5.75 Å². The molecule has 3 saturated heterocycles. The van der Waals surface area contributed by atoms with Gasteiger partial charge < -0.3 is 9.84 Å². The maximum Gasteiger partial charge on any atom is 0.120 e. The fraction of sp³-hybridized carbons (Fsp3) is 0.522. The van der Waals surface area contributed by atoms with Gasteiger partial charge in [-0.1, -0.05) is 11.6 Å². The van der Waals surface area contributed by atoms with Crippen LogP contribution < -0.4 is 4.74 Å². The van der Waals surface area contributed by atoms with E-state index in [1.54, 1.807) is 5.57 Å². The minimum Gasteiger partial charge on any atom is -0.493 e. The molecule has 4 heterocycles. The molecule has 4 nitrogen and oxygen atoms in total. The van der Waals surface area contributed by atoms with Crippen LogP contribution in [0.25, 0.3) is 10.9 Å². The van der Waals surface area contributed by atoms with E-state index in [2.05, 4.69) is 29.0 Å². The van der Waals surface area contributed by atoms with E-state index in [4.69, 9.17) is 4.74 Å². The van der Waals surface area contributed by atoms with E-state index in [1.165, 1.54) is 19.3 Å². The zero-order chi connectivity index (χ0) is 18.4. The van der Waals surface area contributed by atoms with Gasteiger partial charge >= 0.3 is 0 Å². The molecule has 4 fully saturated rings. The van der Waals surface area contributed by atoms with Crippen LogP contribution in [0.4, 0.5) is 0 Å². The van der Waals surface area contributed by atoms with Gasteiger partial charge in [0.2, 0.25) is 0 Å². The van der Waals surface area contributed by atoms with Crippen LogP contribution in [-0.4, -0.2) is 40.7 Å². The summed E-state index contributed by atoms with van der Waals surface area (Å²) in [4.78, 5) is 6.96. The predicted molar refractivity (Wildman–Crippen MR) is 107 cm³/mol. The largest absolute Gasteiger partial charge is 0.493 e. The summed E-state index contributed by atoms with van der Waals surface area (Å²) in [6, 6.07) is 8.25. The third-order valence-corrected chi connectivity index (χ3v) is 6.65. The Hall–Kier alpha value is -1.91. The first-order chi connectivity index (χ1) is 13.2. The lowest BCUT2D eigenvalue weighted by Crippen LogP contribution is -2.52. The molecule has 27 heavy (non-hydrogen) atoms. The fourth-order valence-electron chi connectivity index (χ4n) is 4.80. The quantitative estimate of drug-likeness (QED) is 0.812. The normalized spacial score (nSPS) is 30.0. The molecule has 142 valence electrons. The standard InChI is InChI=1S/C23H28N2O2/c1-2-16-13-25-10-8-17(16)11-22(25)23(26)19-7-9-24-21-6-5-18(12-20(19)21)27-14-15-3-4-15/h2,5-7,9,12,15,17,22-23,26H,3-4,8,10-11,13-14H2,1H3/t17-,22-,23+/m0/s1. The molecule has 1 aliphatic carbocycles. The Morgan fingerprint density at radius 3 is 2.93 bits per heavy atom. The van der Waals surface area contributed by atoms with Crippen molar-refractivity contribution < 1.29 is 9.84 Å². The summed E-state index contributed by atoms with van der Waals surface area (Å²) in [5, 5.41) is 12.3. The van der Waals surface area contributed by atoms with Gasteiger partial charge in [-0.05, 0) is 80.8 Å². The lowest BCUT2D eigenvalue weighted by molar-refractivity contribution is -0.00340.